The van der Waals surface area contributed by atoms with Gasteiger partial charge in [0.05, 0.1) is 6.61 Å². The Balaban J connectivity index is 1.66. The molecular formula is C16H20N4O3. The Morgan fingerprint density at radius 2 is 2.13 bits per heavy atom. The average molecular weight is 316 g/mol. The number of fused-ring (bicyclic) bond motifs is 1. The van der Waals surface area contributed by atoms with Crippen molar-refractivity contribution in [3.05, 3.63) is 34.7 Å². The number of nitrogens with two attached hydrogens (primary N) is 1. The van der Waals surface area contributed by atoms with Crippen LogP contribution in [0.15, 0.2) is 29.2 Å². The lowest BCUT2D eigenvalue weighted by Crippen LogP contribution is -2.34. The van der Waals surface area contributed by atoms with Gasteiger partial charge in [-0.2, -0.15) is 0 Å². The third kappa shape index (κ3) is 3.61. The number of H-pyrrole nitrogens is 1. The summed E-state index contributed by atoms with van der Waals surface area (Å²) in [5, 5.41) is 0.961. The number of nitrogens with one attached hydrogen (secondary N) is 1. The first-order valence-corrected chi connectivity index (χ1v) is 7.79. The lowest BCUT2D eigenvalue weighted by Gasteiger charge is -2.34. The molecule has 0 aliphatic carbocycles. The van der Waals surface area contributed by atoms with Gasteiger partial charge in [-0.05, 0) is 37.3 Å². The van der Waals surface area contributed by atoms with Crippen molar-refractivity contribution in [2.24, 2.45) is 11.7 Å². The summed E-state index contributed by atoms with van der Waals surface area (Å²) < 4.78 is 4.81. The summed E-state index contributed by atoms with van der Waals surface area (Å²) in [6.45, 7) is 2.25. The summed E-state index contributed by atoms with van der Waals surface area (Å²) in [7, 11) is 0. The van der Waals surface area contributed by atoms with Crippen LogP contribution >= 0.6 is 0 Å². The quantitative estimate of drug-likeness (QED) is 0.892. The highest BCUT2D eigenvalue weighted by Crippen LogP contribution is 2.29. The van der Waals surface area contributed by atoms with Gasteiger partial charge in [0.15, 0.2) is 0 Å². The van der Waals surface area contributed by atoms with Gasteiger partial charge < -0.3 is 20.4 Å². The zero-order valence-electron chi connectivity index (χ0n) is 12.8. The van der Waals surface area contributed by atoms with E-state index in [4.69, 9.17) is 10.5 Å². The molecular weight excluding hydrogens is 296 g/mol. The molecule has 2 aromatic rings. The average Bonchev–Trinajstić information content (AvgIpc) is 2.54. The number of pyridine rings is 2. The van der Waals surface area contributed by atoms with Crippen molar-refractivity contribution < 1.29 is 9.53 Å². The van der Waals surface area contributed by atoms with Crippen molar-refractivity contribution in [3.63, 3.8) is 0 Å². The number of piperidine rings is 1. The number of hydrogen-bond donors (Lipinski definition) is 2. The molecule has 0 aromatic carbocycles. The smallest absolute Gasteiger partial charge is 0.404 e. The van der Waals surface area contributed by atoms with E-state index in [-0.39, 0.29) is 5.56 Å². The van der Waals surface area contributed by atoms with Crippen LogP contribution in [0.2, 0.25) is 0 Å². The molecule has 0 unspecified atom stereocenters. The van der Waals surface area contributed by atoms with E-state index in [0.717, 1.165) is 43.4 Å². The van der Waals surface area contributed by atoms with Crippen LogP contribution in [-0.4, -0.2) is 35.8 Å². The lowest BCUT2D eigenvalue weighted by atomic mass is 9.93. The molecule has 23 heavy (non-hydrogen) atoms. The van der Waals surface area contributed by atoms with Gasteiger partial charge in [0.2, 0.25) is 5.56 Å². The number of aromatic amines is 1. The van der Waals surface area contributed by atoms with Crippen molar-refractivity contribution in [1.82, 2.24) is 9.97 Å². The third-order valence-electron chi connectivity index (χ3n) is 4.34. The standard InChI is InChI=1S/C16H20N4O3/c17-16(22)23-10-6-11-4-8-20(9-5-11)13-3-7-18-15-12(13)1-2-14(21)19-15/h1-3,7,11H,4-6,8-10H2,(H2,17,22)(H,18,19,21). The number of amides is 1. The second kappa shape index (κ2) is 6.68. The first kappa shape index (κ1) is 15.3. The molecule has 7 heteroatoms. The lowest BCUT2D eigenvalue weighted by molar-refractivity contribution is 0.146. The molecule has 0 atom stereocenters. The Labute approximate surface area is 133 Å². The Kier molecular flexibility index (Phi) is 4.45. The van der Waals surface area contributed by atoms with Gasteiger partial charge in [-0.25, -0.2) is 9.78 Å². The van der Waals surface area contributed by atoms with E-state index in [0.29, 0.717) is 18.2 Å². The number of anilines is 1. The van der Waals surface area contributed by atoms with E-state index >= 15 is 0 Å². The first-order valence-electron chi connectivity index (χ1n) is 7.79. The highest BCUT2D eigenvalue weighted by Gasteiger charge is 2.21. The van der Waals surface area contributed by atoms with Crippen LogP contribution in [0.4, 0.5) is 10.5 Å². The summed E-state index contributed by atoms with van der Waals surface area (Å²) in [5.74, 6) is 0.540. The van der Waals surface area contributed by atoms with Gasteiger partial charge in [-0.3, -0.25) is 4.79 Å². The molecule has 1 aliphatic heterocycles. The van der Waals surface area contributed by atoms with Gasteiger partial charge in [0.1, 0.15) is 5.65 Å². The number of nitrogens with zero attached hydrogens (tertiary/aromatic N) is 2. The Hall–Kier alpha value is -2.57. The number of hydrogen-bond acceptors (Lipinski definition) is 5. The molecule has 0 bridgehead atoms. The van der Waals surface area contributed by atoms with Crippen molar-refractivity contribution in [2.75, 3.05) is 24.6 Å². The molecule has 0 spiro atoms. The fourth-order valence-electron chi connectivity index (χ4n) is 3.11. The van der Waals surface area contributed by atoms with Crippen LogP contribution in [0.5, 0.6) is 0 Å². The topological polar surface area (TPSA) is 101 Å². The Bertz CT molecular complexity index is 750. The number of carbonyl (C=O) groups excluding carboxylic acids is 1. The minimum absolute atomic E-state index is 0.143. The van der Waals surface area contributed by atoms with Crippen LogP contribution in [0.1, 0.15) is 19.3 Å². The second-order valence-electron chi connectivity index (χ2n) is 5.80. The van der Waals surface area contributed by atoms with Crippen LogP contribution in [0, 0.1) is 5.92 Å². The Morgan fingerprint density at radius 3 is 2.87 bits per heavy atom. The fraction of sp³-hybridized carbons (Fsp3) is 0.438. The second-order valence-corrected chi connectivity index (χ2v) is 5.80. The summed E-state index contributed by atoms with van der Waals surface area (Å²) in [4.78, 5) is 31.3. The summed E-state index contributed by atoms with van der Waals surface area (Å²) in [5.41, 5.74) is 6.54. The molecule has 122 valence electrons. The van der Waals surface area contributed by atoms with E-state index in [2.05, 4.69) is 14.9 Å². The van der Waals surface area contributed by atoms with E-state index < -0.39 is 6.09 Å². The van der Waals surface area contributed by atoms with Crippen LogP contribution < -0.4 is 16.2 Å². The number of rotatable bonds is 4. The van der Waals surface area contributed by atoms with Crippen LogP contribution in [0.25, 0.3) is 11.0 Å². The highest BCUT2D eigenvalue weighted by molar-refractivity contribution is 5.89. The zero-order valence-corrected chi connectivity index (χ0v) is 12.8. The molecule has 1 aliphatic rings. The summed E-state index contributed by atoms with van der Waals surface area (Å²) in [6.07, 6.45) is 3.94. The molecule has 7 nitrogen and oxygen atoms in total. The molecule has 3 N–H and O–H groups in total. The summed E-state index contributed by atoms with van der Waals surface area (Å²) in [6, 6.07) is 5.34. The zero-order chi connectivity index (χ0) is 16.2. The predicted molar refractivity (Wildman–Crippen MR) is 87.5 cm³/mol. The highest BCUT2D eigenvalue weighted by atomic mass is 16.5. The van der Waals surface area contributed by atoms with Gasteiger partial charge in [0.25, 0.3) is 0 Å². The van der Waals surface area contributed by atoms with Crippen molar-refractivity contribution in [3.8, 4) is 0 Å². The molecule has 1 fully saturated rings. The maximum absolute atomic E-state index is 11.4. The maximum atomic E-state index is 11.4. The van der Waals surface area contributed by atoms with Gasteiger partial charge in [-0.1, -0.05) is 0 Å². The Morgan fingerprint density at radius 1 is 1.35 bits per heavy atom. The van der Waals surface area contributed by atoms with Gasteiger partial charge in [-0.15, -0.1) is 0 Å². The van der Waals surface area contributed by atoms with Gasteiger partial charge in [0, 0.05) is 36.4 Å². The number of carbonyl (C=O) groups is 1. The largest absolute Gasteiger partial charge is 0.450 e. The maximum Gasteiger partial charge on any atom is 0.404 e. The third-order valence-corrected chi connectivity index (χ3v) is 4.34. The van der Waals surface area contributed by atoms with Gasteiger partial charge >= 0.3 is 6.09 Å². The van der Waals surface area contributed by atoms with E-state index in [9.17, 15) is 9.59 Å². The SMILES string of the molecule is NC(=O)OCCC1CCN(c2ccnc3[nH]c(=O)ccc23)CC1. The van der Waals surface area contributed by atoms with Crippen molar-refractivity contribution in [1.29, 1.82) is 0 Å². The molecule has 3 rings (SSSR count). The molecule has 0 radical (unpaired) electrons. The molecule has 0 saturated carbocycles. The van der Waals surface area contributed by atoms with E-state index in [1.807, 2.05) is 12.1 Å². The van der Waals surface area contributed by atoms with E-state index in [1.165, 1.54) is 6.07 Å². The first-order chi connectivity index (χ1) is 11.1. The minimum atomic E-state index is -0.709. The van der Waals surface area contributed by atoms with E-state index in [1.54, 1.807) is 6.20 Å². The van der Waals surface area contributed by atoms with Crippen LogP contribution in [-0.2, 0) is 4.74 Å². The van der Waals surface area contributed by atoms with Crippen LogP contribution in [0.3, 0.4) is 0 Å². The normalized spacial score (nSPS) is 15.7. The molecule has 1 saturated heterocycles. The number of primary amides is 1. The molecule has 3 heterocycles. The van der Waals surface area contributed by atoms with Crippen molar-refractivity contribution in [2.45, 2.75) is 19.3 Å². The minimum Gasteiger partial charge on any atom is -0.450 e. The summed E-state index contributed by atoms with van der Waals surface area (Å²) >= 11 is 0. The molecule has 2 aromatic heterocycles. The molecule has 1 amide bonds. The fourth-order valence-corrected chi connectivity index (χ4v) is 3.11. The van der Waals surface area contributed by atoms with Crippen molar-refractivity contribution >= 4 is 22.8 Å². The monoisotopic (exact) mass is 316 g/mol. The number of aromatic nitrogens is 2. The number of ether oxygens (including phenoxy) is 1. The predicted octanol–water partition coefficient (Wildman–Crippen LogP) is 1.62.